The molecule has 2 rings (SSSR count). The highest BCUT2D eigenvalue weighted by Crippen LogP contribution is 2.19. The molecule has 0 aromatic heterocycles. The predicted molar refractivity (Wildman–Crippen MR) is 91.7 cm³/mol. The lowest BCUT2D eigenvalue weighted by Crippen LogP contribution is -2.20. The Balaban J connectivity index is 1.84. The summed E-state index contributed by atoms with van der Waals surface area (Å²) in [6.45, 7) is 3.54. The maximum atomic E-state index is 5.91. The van der Waals surface area contributed by atoms with Gasteiger partial charge >= 0.3 is 0 Å². The zero-order valence-corrected chi connectivity index (χ0v) is 14.0. The van der Waals surface area contributed by atoms with Crippen LogP contribution >= 0.6 is 15.9 Å². The maximum Gasteiger partial charge on any atom is 0.120 e. The van der Waals surface area contributed by atoms with E-state index in [0.717, 1.165) is 23.1 Å². The van der Waals surface area contributed by atoms with Gasteiger partial charge in [0.25, 0.3) is 0 Å². The van der Waals surface area contributed by atoms with E-state index in [1.165, 1.54) is 11.1 Å². The van der Waals surface area contributed by atoms with E-state index >= 15 is 0 Å². The fourth-order valence-corrected chi connectivity index (χ4v) is 2.73. The molecule has 0 fully saturated rings. The SMILES string of the molecule is Cc1ccccc1CC(CN)CCOc1cccc(Br)c1. The molecule has 0 spiro atoms. The Morgan fingerprint density at radius 1 is 1.14 bits per heavy atom. The van der Waals surface area contributed by atoms with Crippen molar-refractivity contribution in [2.45, 2.75) is 19.8 Å². The van der Waals surface area contributed by atoms with Crippen LogP contribution in [0.5, 0.6) is 5.75 Å². The van der Waals surface area contributed by atoms with Crippen LogP contribution in [0.4, 0.5) is 0 Å². The zero-order chi connectivity index (χ0) is 15.1. The summed E-state index contributed by atoms with van der Waals surface area (Å²) in [5.41, 5.74) is 8.63. The second-order valence-electron chi connectivity index (χ2n) is 5.33. The van der Waals surface area contributed by atoms with Gasteiger partial charge in [0.1, 0.15) is 5.75 Å². The van der Waals surface area contributed by atoms with Crippen LogP contribution in [0, 0.1) is 12.8 Å². The van der Waals surface area contributed by atoms with Crippen molar-refractivity contribution in [3.05, 3.63) is 64.1 Å². The molecule has 21 heavy (non-hydrogen) atoms. The molecule has 2 nitrogen and oxygen atoms in total. The van der Waals surface area contributed by atoms with Crippen LogP contribution in [0.2, 0.25) is 0 Å². The van der Waals surface area contributed by atoms with Crippen LogP contribution in [0.15, 0.2) is 53.0 Å². The van der Waals surface area contributed by atoms with E-state index < -0.39 is 0 Å². The summed E-state index contributed by atoms with van der Waals surface area (Å²) in [4.78, 5) is 0. The van der Waals surface area contributed by atoms with Crippen molar-refractivity contribution >= 4 is 15.9 Å². The molecular weight excluding hydrogens is 326 g/mol. The summed E-state index contributed by atoms with van der Waals surface area (Å²) in [5, 5.41) is 0. The molecule has 0 saturated carbocycles. The number of hydrogen-bond acceptors (Lipinski definition) is 2. The minimum Gasteiger partial charge on any atom is -0.494 e. The van der Waals surface area contributed by atoms with Gasteiger partial charge in [0.05, 0.1) is 6.61 Å². The minimum absolute atomic E-state index is 0.457. The quantitative estimate of drug-likeness (QED) is 0.808. The largest absolute Gasteiger partial charge is 0.494 e. The normalized spacial score (nSPS) is 12.1. The van der Waals surface area contributed by atoms with Crippen LogP contribution in [-0.4, -0.2) is 13.2 Å². The molecule has 0 saturated heterocycles. The molecule has 2 N–H and O–H groups in total. The summed E-state index contributed by atoms with van der Waals surface area (Å²) in [7, 11) is 0. The van der Waals surface area contributed by atoms with Crippen molar-refractivity contribution in [2.24, 2.45) is 11.7 Å². The number of ether oxygens (including phenoxy) is 1. The lowest BCUT2D eigenvalue weighted by atomic mass is 9.94. The van der Waals surface area contributed by atoms with E-state index in [0.29, 0.717) is 19.1 Å². The molecule has 0 aliphatic carbocycles. The summed E-state index contributed by atoms with van der Waals surface area (Å²) in [5.74, 6) is 1.36. The molecule has 0 heterocycles. The van der Waals surface area contributed by atoms with Gasteiger partial charge in [-0.2, -0.15) is 0 Å². The predicted octanol–water partition coefficient (Wildman–Crippen LogP) is 4.34. The average Bonchev–Trinajstić information content (AvgIpc) is 2.48. The molecule has 2 aromatic carbocycles. The zero-order valence-electron chi connectivity index (χ0n) is 12.4. The molecule has 0 aliphatic rings. The standard InChI is InChI=1S/C18H22BrNO/c1-14-5-2-3-6-16(14)11-15(13-20)9-10-21-18-8-4-7-17(19)12-18/h2-8,12,15H,9-11,13,20H2,1H3. The van der Waals surface area contributed by atoms with Gasteiger partial charge < -0.3 is 10.5 Å². The first-order valence-corrected chi connectivity index (χ1v) is 8.11. The van der Waals surface area contributed by atoms with Crippen LogP contribution in [-0.2, 0) is 6.42 Å². The second-order valence-corrected chi connectivity index (χ2v) is 6.24. The molecule has 1 unspecified atom stereocenters. The van der Waals surface area contributed by atoms with E-state index in [1.807, 2.05) is 24.3 Å². The van der Waals surface area contributed by atoms with Gasteiger partial charge in [-0.15, -0.1) is 0 Å². The Labute approximate surface area is 135 Å². The third kappa shape index (κ3) is 5.18. The monoisotopic (exact) mass is 347 g/mol. The maximum absolute atomic E-state index is 5.91. The Bertz CT molecular complexity index is 571. The van der Waals surface area contributed by atoms with E-state index in [4.69, 9.17) is 10.5 Å². The fraction of sp³-hybridized carbons (Fsp3) is 0.333. The Kier molecular flexibility index (Phi) is 6.27. The molecule has 0 radical (unpaired) electrons. The molecule has 0 aliphatic heterocycles. The van der Waals surface area contributed by atoms with Crippen molar-refractivity contribution in [3.8, 4) is 5.75 Å². The van der Waals surface area contributed by atoms with Gasteiger partial charge in [-0.3, -0.25) is 0 Å². The number of halogens is 1. The van der Waals surface area contributed by atoms with Crippen LogP contribution < -0.4 is 10.5 Å². The van der Waals surface area contributed by atoms with Gasteiger partial charge in [0.15, 0.2) is 0 Å². The van der Waals surface area contributed by atoms with Crippen molar-refractivity contribution in [2.75, 3.05) is 13.2 Å². The van der Waals surface area contributed by atoms with Gasteiger partial charge in [-0.1, -0.05) is 46.3 Å². The lowest BCUT2D eigenvalue weighted by Gasteiger charge is -2.16. The number of aryl methyl sites for hydroxylation is 1. The van der Waals surface area contributed by atoms with Crippen molar-refractivity contribution in [1.29, 1.82) is 0 Å². The van der Waals surface area contributed by atoms with Crippen molar-refractivity contribution in [3.63, 3.8) is 0 Å². The highest BCUT2D eigenvalue weighted by Gasteiger charge is 2.10. The lowest BCUT2D eigenvalue weighted by molar-refractivity contribution is 0.278. The van der Waals surface area contributed by atoms with Gasteiger partial charge in [0, 0.05) is 4.47 Å². The number of nitrogens with two attached hydrogens (primary N) is 1. The Hall–Kier alpha value is -1.32. The second kappa shape index (κ2) is 8.20. The van der Waals surface area contributed by atoms with Crippen molar-refractivity contribution < 1.29 is 4.74 Å². The molecule has 0 amide bonds. The van der Waals surface area contributed by atoms with Crippen molar-refractivity contribution in [1.82, 2.24) is 0 Å². The van der Waals surface area contributed by atoms with Gasteiger partial charge in [-0.05, 0) is 61.6 Å². The number of hydrogen-bond donors (Lipinski definition) is 1. The van der Waals surface area contributed by atoms with Crippen LogP contribution in [0.3, 0.4) is 0 Å². The number of benzene rings is 2. The summed E-state index contributed by atoms with van der Waals surface area (Å²) in [6, 6.07) is 16.4. The van der Waals surface area contributed by atoms with E-state index in [9.17, 15) is 0 Å². The minimum atomic E-state index is 0.457. The van der Waals surface area contributed by atoms with Gasteiger partial charge in [0.2, 0.25) is 0 Å². The molecule has 112 valence electrons. The van der Waals surface area contributed by atoms with E-state index in [1.54, 1.807) is 0 Å². The fourth-order valence-electron chi connectivity index (χ4n) is 2.35. The Morgan fingerprint density at radius 3 is 2.67 bits per heavy atom. The molecule has 0 bridgehead atoms. The first kappa shape index (κ1) is 16.1. The molecule has 1 atom stereocenters. The highest BCUT2D eigenvalue weighted by molar-refractivity contribution is 9.10. The molecule has 3 heteroatoms. The Morgan fingerprint density at radius 2 is 1.95 bits per heavy atom. The highest BCUT2D eigenvalue weighted by atomic mass is 79.9. The first-order valence-electron chi connectivity index (χ1n) is 7.32. The van der Waals surface area contributed by atoms with Crippen LogP contribution in [0.25, 0.3) is 0 Å². The summed E-state index contributed by atoms with van der Waals surface area (Å²) < 4.78 is 6.84. The molecule has 2 aromatic rings. The third-order valence-corrected chi connectivity index (χ3v) is 4.19. The van der Waals surface area contributed by atoms with E-state index in [-0.39, 0.29) is 0 Å². The van der Waals surface area contributed by atoms with Gasteiger partial charge in [-0.25, -0.2) is 0 Å². The third-order valence-electron chi connectivity index (χ3n) is 3.69. The van der Waals surface area contributed by atoms with Crippen LogP contribution in [0.1, 0.15) is 17.5 Å². The number of rotatable bonds is 7. The first-order chi connectivity index (χ1) is 10.2. The van der Waals surface area contributed by atoms with E-state index in [2.05, 4.69) is 47.1 Å². The summed E-state index contributed by atoms with van der Waals surface area (Å²) >= 11 is 3.45. The smallest absolute Gasteiger partial charge is 0.120 e. The average molecular weight is 348 g/mol. The molecular formula is C18H22BrNO. The summed E-state index contributed by atoms with van der Waals surface area (Å²) in [6.07, 6.45) is 1.99. The topological polar surface area (TPSA) is 35.2 Å².